The molecule has 0 aromatic carbocycles. The number of hydrogen-bond acceptors (Lipinski definition) is 3. The molecule has 2 atom stereocenters. The molecule has 1 aliphatic rings. The summed E-state index contributed by atoms with van der Waals surface area (Å²) < 4.78 is 0.948. The Morgan fingerprint density at radius 1 is 1.36 bits per heavy atom. The van der Waals surface area contributed by atoms with Crippen LogP contribution < -0.4 is 0 Å². The third-order valence-electron chi connectivity index (χ3n) is 1.50. The minimum Gasteiger partial charge on any atom is -0.161 e. The second-order valence-corrected chi connectivity index (χ2v) is 6.83. The van der Waals surface area contributed by atoms with Crippen LogP contribution in [0.1, 0.15) is 20.3 Å². The molecule has 1 rings (SSSR count). The average molecular weight is 208 g/mol. The summed E-state index contributed by atoms with van der Waals surface area (Å²) in [4.78, 5) is 0. The molecule has 1 unspecified atom stereocenters. The molecule has 1 heterocycles. The van der Waals surface area contributed by atoms with E-state index in [0.29, 0.717) is 0 Å². The third kappa shape index (κ3) is 4.00. The van der Waals surface area contributed by atoms with Gasteiger partial charge in [0.2, 0.25) is 0 Å². The van der Waals surface area contributed by atoms with E-state index in [4.69, 9.17) is 0 Å². The van der Waals surface area contributed by atoms with E-state index in [1.54, 1.807) is 0 Å². The second-order valence-electron chi connectivity index (χ2n) is 2.57. The summed E-state index contributed by atoms with van der Waals surface area (Å²) in [5.74, 6) is 4.02. The van der Waals surface area contributed by atoms with Gasteiger partial charge in [-0.3, -0.25) is 0 Å². The van der Waals surface area contributed by atoms with Gasteiger partial charge in [-0.25, -0.2) is 0 Å². The van der Waals surface area contributed by atoms with Crippen LogP contribution in [0.3, 0.4) is 0 Å². The van der Waals surface area contributed by atoms with Crippen molar-refractivity contribution in [2.45, 2.75) is 30.1 Å². The SMILES string of the molecule is CCCSC[C@H]1SC1SCC. The molecule has 3 heteroatoms. The van der Waals surface area contributed by atoms with Crippen LogP contribution >= 0.6 is 35.3 Å². The lowest BCUT2D eigenvalue weighted by atomic mass is 10.6. The van der Waals surface area contributed by atoms with E-state index in [1.165, 1.54) is 23.7 Å². The summed E-state index contributed by atoms with van der Waals surface area (Å²) >= 11 is 6.39. The fraction of sp³-hybridized carbons (Fsp3) is 1.00. The monoisotopic (exact) mass is 208 g/mol. The van der Waals surface area contributed by atoms with Crippen molar-refractivity contribution in [1.82, 2.24) is 0 Å². The number of hydrogen-bond donors (Lipinski definition) is 0. The molecule has 0 N–H and O–H groups in total. The van der Waals surface area contributed by atoms with Gasteiger partial charge in [0, 0.05) is 11.0 Å². The van der Waals surface area contributed by atoms with Gasteiger partial charge in [0.05, 0.1) is 4.58 Å². The molecule has 66 valence electrons. The van der Waals surface area contributed by atoms with Crippen LogP contribution in [-0.2, 0) is 0 Å². The topological polar surface area (TPSA) is 0 Å². The van der Waals surface area contributed by atoms with E-state index in [-0.39, 0.29) is 0 Å². The van der Waals surface area contributed by atoms with Gasteiger partial charge in [-0.2, -0.15) is 11.8 Å². The van der Waals surface area contributed by atoms with Gasteiger partial charge in [-0.05, 0) is 17.9 Å². The molecular formula is C8H16S3. The van der Waals surface area contributed by atoms with Crippen molar-refractivity contribution in [3.8, 4) is 0 Å². The Bertz CT molecular complexity index is 106. The average Bonchev–Trinajstić information content (AvgIpc) is 2.70. The summed E-state index contributed by atoms with van der Waals surface area (Å²) in [6, 6.07) is 0. The van der Waals surface area contributed by atoms with Gasteiger partial charge in [-0.15, -0.1) is 23.5 Å². The van der Waals surface area contributed by atoms with E-state index in [9.17, 15) is 0 Å². The van der Waals surface area contributed by atoms with Crippen LogP contribution in [0, 0.1) is 0 Å². The van der Waals surface area contributed by atoms with Gasteiger partial charge in [0.15, 0.2) is 0 Å². The Kier molecular flexibility index (Phi) is 5.21. The summed E-state index contributed by atoms with van der Waals surface area (Å²) in [6.07, 6.45) is 1.33. The van der Waals surface area contributed by atoms with Crippen molar-refractivity contribution in [2.24, 2.45) is 0 Å². The minimum absolute atomic E-state index is 0.948. The fourth-order valence-electron chi connectivity index (χ4n) is 0.899. The maximum absolute atomic E-state index is 2.26. The summed E-state index contributed by atoms with van der Waals surface area (Å²) in [5.41, 5.74) is 0. The third-order valence-corrected chi connectivity index (χ3v) is 5.98. The van der Waals surface area contributed by atoms with Crippen molar-refractivity contribution < 1.29 is 0 Å². The molecule has 0 aromatic heterocycles. The first-order valence-electron chi connectivity index (χ1n) is 4.23. The lowest BCUT2D eigenvalue weighted by Crippen LogP contribution is -1.94. The molecule has 0 radical (unpaired) electrons. The van der Waals surface area contributed by atoms with Crippen LogP contribution in [0.4, 0.5) is 0 Å². The van der Waals surface area contributed by atoms with Gasteiger partial charge in [-0.1, -0.05) is 13.8 Å². The van der Waals surface area contributed by atoms with Crippen molar-refractivity contribution in [2.75, 3.05) is 17.3 Å². The zero-order chi connectivity index (χ0) is 8.10. The normalized spacial score (nSPS) is 28.9. The predicted molar refractivity (Wildman–Crippen MR) is 60.9 cm³/mol. The first-order valence-corrected chi connectivity index (χ1v) is 7.38. The highest BCUT2D eigenvalue weighted by atomic mass is 32.2. The maximum atomic E-state index is 2.26. The lowest BCUT2D eigenvalue weighted by Gasteiger charge is -1.95. The molecule has 0 spiro atoms. The van der Waals surface area contributed by atoms with Crippen LogP contribution in [0.15, 0.2) is 0 Å². The Morgan fingerprint density at radius 3 is 2.82 bits per heavy atom. The molecular weight excluding hydrogens is 192 g/mol. The fourth-order valence-corrected chi connectivity index (χ4v) is 5.00. The molecule has 1 aliphatic heterocycles. The standard InChI is InChI=1S/C8H16S3/c1-3-5-9-6-7-8(11-7)10-4-2/h7-8H,3-6H2,1-2H3/t7-,8?/m1/s1. The molecule has 1 saturated heterocycles. The van der Waals surface area contributed by atoms with Crippen LogP contribution in [0.25, 0.3) is 0 Å². The number of rotatable bonds is 6. The first kappa shape index (κ1) is 10.1. The van der Waals surface area contributed by atoms with Crippen LogP contribution in [0.5, 0.6) is 0 Å². The van der Waals surface area contributed by atoms with Crippen LogP contribution in [0.2, 0.25) is 0 Å². The number of thioether (sulfide) groups is 3. The Balaban J connectivity index is 1.87. The molecule has 0 bridgehead atoms. The predicted octanol–water partition coefficient (Wildman–Crippen LogP) is 3.32. The largest absolute Gasteiger partial charge is 0.161 e. The minimum atomic E-state index is 0.948. The van der Waals surface area contributed by atoms with Crippen molar-refractivity contribution in [1.29, 1.82) is 0 Å². The summed E-state index contributed by atoms with van der Waals surface area (Å²) in [6.45, 7) is 4.51. The van der Waals surface area contributed by atoms with Gasteiger partial charge in [0.1, 0.15) is 0 Å². The zero-order valence-electron chi connectivity index (χ0n) is 7.21. The van der Waals surface area contributed by atoms with Gasteiger partial charge in [0.25, 0.3) is 0 Å². The quantitative estimate of drug-likeness (QED) is 0.485. The van der Waals surface area contributed by atoms with E-state index in [2.05, 4.69) is 49.1 Å². The molecule has 0 nitrogen and oxygen atoms in total. The van der Waals surface area contributed by atoms with E-state index < -0.39 is 0 Å². The van der Waals surface area contributed by atoms with E-state index in [0.717, 1.165) is 9.83 Å². The Hall–Kier alpha value is 1.05. The molecule has 0 aliphatic carbocycles. The first-order chi connectivity index (χ1) is 5.38. The van der Waals surface area contributed by atoms with Crippen molar-refractivity contribution in [3.05, 3.63) is 0 Å². The molecule has 11 heavy (non-hydrogen) atoms. The lowest BCUT2D eigenvalue weighted by molar-refractivity contribution is 1.10. The molecule has 0 amide bonds. The van der Waals surface area contributed by atoms with Gasteiger partial charge < -0.3 is 0 Å². The zero-order valence-corrected chi connectivity index (χ0v) is 9.66. The summed E-state index contributed by atoms with van der Waals surface area (Å²) in [7, 11) is 0. The second kappa shape index (κ2) is 5.65. The molecule has 0 saturated carbocycles. The Morgan fingerprint density at radius 2 is 2.18 bits per heavy atom. The van der Waals surface area contributed by atoms with Gasteiger partial charge >= 0.3 is 0 Å². The molecule has 0 aromatic rings. The Labute approximate surface area is 82.7 Å². The highest BCUT2D eigenvalue weighted by molar-refractivity contribution is 8.24. The smallest absolute Gasteiger partial charge is 0.0633 e. The van der Waals surface area contributed by atoms with Crippen molar-refractivity contribution in [3.63, 3.8) is 0 Å². The van der Waals surface area contributed by atoms with Crippen LogP contribution in [-0.4, -0.2) is 27.1 Å². The highest BCUT2D eigenvalue weighted by Crippen LogP contribution is 2.50. The highest BCUT2D eigenvalue weighted by Gasteiger charge is 2.37. The van der Waals surface area contributed by atoms with Crippen molar-refractivity contribution >= 4 is 35.3 Å². The molecule has 1 fully saturated rings. The van der Waals surface area contributed by atoms with E-state index >= 15 is 0 Å². The van der Waals surface area contributed by atoms with E-state index in [1.807, 2.05) is 0 Å². The summed E-state index contributed by atoms with van der Waals surface area (Å²) in [5, 5.41) is 0.983. The maximum Gasteiger partial charge on any atom is 0.0633 e.